The molecule has 2 aliphatic carbocycles. The van der Waals surface area contributed by atoms with Crippen molar-refractivity contribution in [1.29, 1.82) is 0 Å². The Morgan fingerprint density at radius 1 is 1.07 bits per heavy atom. The van der Waals surface area contributed by atoms with E-state index in [0.29, 0.717) is 32.8 Å². The van der Waals surface area contributed by atoms with Gasteiger partial charge in [0.15, 0.2) is 5.82 Å². The summed E-state index contributed by atoms with van der Waals surface area (Å²) in [7, 11) is 3.06. The number of aryl methyl sites for hydroxylation is 1. The monoisotopic (exact) mass is 827 g/mol. The van der Waals surface area contributed by atoms with Crippen molar-refractivity contribution in [2.45, 2.75) is 69.6 Å². The van der Waals surface area contributed by atoms with Gasteiger partial charge in [-0.3, -0.25) is 19.0 Å². The van der Waals surface area contributed by atoms with Crippen LogP contribution in [0.3, 0.4) is 0 Å². The number of nitrogens with one attached hydrogen (secondary N) is 2. The maximum Gasteiger partial charge on any atom is 0.293 e. The number of amides is 2. The van der Waals surface area contributed by atoms with E-state index in [0.717, 1.165) is 12.1 Å². The second-order valence-electron chi connectivity index (χ2n) is 14.8. The standard InChI is InChI=1S/C40H36ClF6N7O4/c1-39(2,57)11-9-22-5-6-23(24-7-8-27(41)32-35(24)53(3)52-38(32)50-29(55)10-12-58-4)33(48-22)28(15-19-13-20(42)16-21(43)14-19)49-30(56)18-54-36-31(34(51-54)37(44)45)25-17-26(25)40(36,46)47/h5-8,13-14,16,25-26,28,37,57H,10,12,15,17-18H2,1-4H3,(H,49,56)(H,50,52,55)/t25-,26+,28?/m0/s1. The second kappa shape index (κ2) is 15.4. The number of fused-ring (bicyclic) bond motifs is 4. The highest BCUT2D eigenvalue weighted by Gasteiger charge is 2.67. The van der Waals surface area contributed by atoms with Crippen LogP contribution in [0.25, 0.3) is 22.0 Å². The maximum atomic E-state index is 15.4. The summed E-state index contributed by atoms with van der Waals surface area (Å²) >= 11 is 6.69. The molecule has 1 fully saturated rings. The van der Waals surface area contributed by atoms with Gasteiger partial charge >= 0.3 is 0 Å². The first kappa shape index (κ1) is 40.7. The average molecular weight is 828 g/mol. The zero-order valence-electron chi connectivity index (χ0n) is 31.4. The molecule has 18 heteroatoms. The van der Waals surface area contributed by atoms with E-state index in [4.69, 9.17) is 21.3 Å². The molecule has 3 atom stereocenters. The summed E-state index contributed by atoms with van der Waals surface area (Å²) in [5.74, 6) is -3.04. The molecule has 0 spiro atoms. The number of benzene rings is 2. The van der Waals surface area contributed by atoms with Gasteiger partial charge in [0.1, 0.15) is 40.9 Å². The van der Waals surface area contributed by atoms with Crippen LogP contribution in [-0.2, 0) is 40.3 Å². The molecule has 11 nitrogen and oxygen atoms in total. The average Bonchev–Trinajstić information content (AvgIpc) is 3.68. The van der Waals surface area contributed by atoms with Gasteiger partial charge in [-0.15, -0.1) is 0 Å². The molecule has 2 aliphatic rings. The Kier molecular flexibility index (Phi) is 10.8. The molecule has 5 aromatic rings. The van der Waals surface area contributed by atoms with Crippen molar-refractivity contribution in [3.8, 4) is 23.0 Å². The smallest absolute Gasteiger partial charge is 0.293 e. The number of halogens is 7. The van der Waals surface area contributed by atoms with Crippen molar-refractivity contribution in [2.24, 2.45) is 13.0 Å². The quantitative estimate of drug-likeness (QED) is 0.0902. The van der Waals surface area contributed by atoms with Gasteiger partial charge in [0.05, 0.1) is 40.7 Å². The molecule has 1 unspecified atom stereocenters. The normalized spacial score (nSPS) is 17.1. The van der Waals surface area contributed by atoms with E-state index in [1.165, 1.54) is 31.7 Å². The molecule has 3 N–H and O–H groups in total. The molecule has 58 heavy (non-hydrogen) atoms. The van der Waals surface area contributed by atoms with E-state index in [1.54, 1.807) is 25.2 Å². The number of aliphatic hydroxyl groups is 1. The minimum atomic E-state index is -3.49. The van der Waals surface area contributed by atoms with Crippen molar-refractivity contribution in [2.75, 3.05) is 19.0 Å². The van der Waals surface area contributed by atoms with E-state index < -0.39 is 77.2 Å². The number of aromatic nitrogens is 5. The highest BCUT2D eigenvalue weighted by molar-refractivity contribution is 6.37. The number of anilines is 1. The molecule has 304 valence electrons. The Morgan fingerprint density at radius 2 is 1.78 bits per heavy atom. The highest BCUT2D eigenvalue weighted by Crippen LogP contribution is 2.68. The number of rotatable bonds is 12. The molecular weight excluding hydrogens is 792 g/mol. The third-order valence-electron chi connectivity index (χ3n) is 9.93. The Balaban J connectivity index is 1.36. The molecule has 2 aromatic carbocycles. The van der Waals surface area contributed by atoms with E-state index in [-0.39, 0.29) is 59.2 Å². The zero-order chi connectivity index (χ0) is 41.8. The highest BCUT2D eigenvalue weighted by atomic mass is 35.5. The van der Waals surface area contributed by atoms with Crippen LogP contribution in [0.4, 0.5) is 32.2 Å². The molecule has 1 saturated carbocycles. The van der Waals surface area contributed by atoms with Crippen molar-refractivity contribution in [3.05, 3.63) is 93.0 Å². The number of pyridine rings is 1. The van der Waals surface area contributed by atoms with Gasteiger partial charge in [0.25, 0.3) is 12.3 Å². The van der Waals surface area contributed by atoms with E-state index in [1.807, 2.05) is 0 Å². The Hall–Kier alpha value is -5.44. The Morgan fingerprint density at radius 3 is 2.45 bits per heavy atom. The summed E-state index contributed by atoms with van der Waals surface area (Å²) in [6.07, 6.45) is -3.42. The summed E-state index contributed by atoms with van der Waals surface area (Å²) in [6, 6.07) is 7.80. The van der Waals surface area contributed by atoms with Gasteiger partial charge < -0.3 is 20.5 Å². The fourth-order valence-corrected chi connectivity index (χ4v) is 7.70. The number of carbonyl (C=O) groups is 2. The number of ether oxygens (including phenoxy) is 1. The maximum absolute atomic E-state index is 15.4. The van der Waals surface area contributed by atoms with Crippen LogP contribution in [0.1, 0.15) is 79.0 Å². The van der Waals surface area contributed by atoms with Crippen LogP contribution in [-0.4, -0.2) is 60.8 Å². The number of carbonyl (C=O) groups excluding carboxylic acids is 2. The molecular formula is C40H36ClF6N7O4. The fourth-order valence-electron chi connectivity index (χ4n) is 7.46. The number of alkyl halides is 4. The minimum absolute atomic E-state index is 0.0265. The van der Waals surface area contributed by atoms with Crippen molar-refractivity contribution < 1.29 is 45.8 Å². The lowest BCUT2D eigenvalue weighted by molar-refractivity contribution is -0.123. The van der Waals surface area contributed by atoms with Crippen LogP contribution in [0.15, 0.2) is 42.5 Å². The summed E-state index contributed by atoms with van der Waals surface area (Å²) < 4.78 is 95.2. The number of hydrogen-bond acceptors (Lipinski definition) is 7. The van der Waals surface area contributed by atoms with Crippen LogP contribution < -0.4 is 10.6 Å². The summed E-state index contributed by atoms with van der Waals surface area (Å²) in [5.41, 5.74) is -1.84. The topological polar surface area (TPSA) is 136 Å². The predicted molar refractivity (Wildman–Crippen MR) is 200 cm³/mol. The first-order valence-electron chi connectivity index (χ1n) is 18.1. The molecule has 0 bridgehead atoms. The van der Waals surface area contributed by atoms with Crippen molar-refractivity contribution in [3.63, 3.8) is 0 Å². The zero-order valence-corrected chi connectivity index (χ0v) is 32.2. The Bertz CT molecular complexity index is 2500. The summed E-state index contributed by atoms with van der Waals surface area (Å²) in [4.78, 5) is 31.4. The van der Waals surface area contributed by atoms with Gasteiger partial charge in [0, 0.05) is 42.8 Å². The molecule has 0 radical (unpaired) electrons. The summed E-state index contributed by atoms with van der Waals surface area (Å²) in [5, 5.41) is 24.6. The molecule has 7 rings (SSSR count). The minimum Gasteiger partial charge on any atom is -0.384 e. The van der Waals surface area contributed by atoms with Gasteiger partial charge in [-0.2, -0.15) is 19.0 Å². The van der Waals surface area contributed by atoms with Crippen LogP contribution in [0.2, 0.25) is 5.02 Å². The number of nitrogens with zero attached hydrogens (tertiary/aromatic N) is 5. The Labute approximate surface area is 332 Å². The lowest BCUT2D eigenvalue weighted by Crippen LogP contribution is -2.35. The predicted octanol–water partition coefficient (Wildman–Crippen LogP) is 7.11. The molecule has 0 aliphatic heterocycles. The number of hydrogen-bond donors (Lipinski definition) is 3. The van der Waals surface area contributed by atoms with Crippen LogP contribution in [0, 0.1) is 29.4 Å². The first-order chi connectivity index (χ1) is 27.4. The van der Waals surface area contributed by atoms with Gasteiger partial charge in [0.2, 0.25) is 11.8 Å². The van der Waals surface area contributed by atoms with Crippen molar-refractivity contribution >= 4 is 40.1 Å². The second-order valence-corrected chi connectivity index (χ2v) is 15.2. The fraction of sp³-hybridized carbons (Fsp3) is 0.375. The van der Waals surface area contributed by atoms with Gasteiger partial charge in [-0.05, 0) is 74.4 Å². The molecule has 0 saturated heterocycles. The van der Waals surface area contributed by atoms with E-state index in [9.17, 15) is 32.3 Å². The third kappa shape index (κ3) is 8.00. The van der Waals surface area contributed by atoms with Crippen molar-refractivity contribution in [1.82, 2.24) is 29.9 Å². The van der Waals surface area contributed by atoms with Gasteiger partial charge in [-0.1, -0.05) is 23.6 Å². The number of methoxy groups -OCH3 is 1. The lowest BCUT2D eigenvalue weighted by atomic mass is 9.93. The van der Waals surface area contributed by atoms with E-state index >= 15 is 8.78 Å². The third-order valence-corrected chi connectivity index (χ3v) is 10.2. The molecule has 3 heterocycles. The SMILES string of the molecule is COCCC(=O)Nc1nn(C)c2c(-c3ccc(C#CC(C)(C)O)nc3C(Cc3cc(F)cc(F)c3)NC(=O)Cn3nc(C(F)F)c4c3C(F)(F)[C@@H]3C[C@H]43)ccc(Cl)c12. The summed E-state index contributed by atoms with van der Waals surface area (Å²) in [6.45, 7) is 2.15. The first-order valence-corrected chi connectivity index (χ1v) is 18.5. The van der Waals surface area contributed by atoms with Crippen LogP contribution in [0.5, 0.6) is 0 Å². The molecule has 3 aromatic heterocycles. The van der Waals surface area contributed by atoms with Crippen LogP contribution >= 0.6 is 11.6 Å². The van der Waals surface area contributed by atoms with E-state index in [2.05, 4.69) is 32.7 Å². The largest absolute Gasteiger partial charge is 0.384 e. The van der Waals surface area contributed by atoms with Gasteiger partial charge in [-0.25, -0.2) is 22.5 Å². The molecule has 2 amide bonds. The lowest BCUT2D eigenvalue weighted by Gasteiger charge is -2.23.